The summed E-state index contributed by atoms with van der Waals surface area (Å²) in [5.41, 5.74) is 0. The lowest BCUT2D eigenvalue weighted by atomic mass is 9.92. The zero-order valence-corrected chi connectivity index (χ0v) is 10.4. The lowest BCUT2D eigenvalue weighted by Gasteiger charge is -2.17. The van der Waals surface area contributed by atoms with Crippen LogP contribution < -0.4 is 0 Å². The predicted molar refractivity (Wildman–Crippen MR) is 65.4 cm³/mol. The molecule has 0 rings (SSSR count). The molecule has 0 aliphatic carbocycles. The molecular weight excluding hydrogens is 186 g/mol. The van der Waals surface area contributed by atoms with Crippen LogP contribution in [-0.2, 0) is 4.79 Å². The molecule has 15 heavy (non-hydrogen) atoms. The molecule has 0 saturated heterocycles. The largest absolute Gasteiger partial charge is 0.322 e. The highest BCUT2D eigenvalue weighted by Crippen LogP contribution is 2.18. The van der Waals surface area contributed by atoms with Gasteiger partial charge in [0.2, 0.25) is 6.41 Å². The van der Waals surface area contributed by atoms with Crippen molar-refractivity contribution in [1.82, 2.24) is 4.90 Å². The Labute approximate surface area is 94.4 Å². The highest BCUT2D eigenvalue weighted by molar-refractivity contribution is 5.48. The average Bonchev–Trinajstić information content (AvgIpc) is 2.24. The smallest absolute Gasteiger partial charge is 0.213 e. The Bertz CT molecular complexity index is 171. The highest BCUT2D eigenvalue weighted by atomic mass is 16.1. The van der Waals surface area contributed by atoms with E-state index in [0.29, 0.717) is 0 Å². The molecule has 0 aromatic heterocycles. The Kier molecular flexibility index (Phi) is 8.06. The zero-order chi connectivity index (χ0) is 11.7. The summed E-state index contributed by atoms with van der Waals surface area (Å²) in [6.45, 7) is 11.2. The van der Waals surface area contributed by atoms with E-state index in [9.17, 15) is 4.79 Å². The number of nitrogens with zero attached hydrogens (tertiary/aromatic N) is 1. The Morgan fingerprint density at radius 2 is 2.00 bits per heavy atom. The molecule has 0 aromatic carbocycles. The van der Waals surface area contributed by atoms with Crippen LogP contribution in [0.1, 0.15) is 46.5 Å². The van der Waals surface area contributed by atoms with Gasteiger partial charge >= 0.3 is 0 Å². The molecule has 2 nitrogen and oxygen atoms in total. The molecule has 0 N–H and O–H groups in total. The van der Waals surface area contributed by atoms with E-state index in [1.807, 2.05) is 0 Å². The minimum atomic E-state index is 0.762. The minimum Gasteiger partial charge on any atom is -0.322 e. The SMILES string of the molecule is C=CN(C=O)CCCC(C)CC(C)CC. The van der Waals surface area contributed by atoms with Gasteiger partial charge in [-0.25, -0.2) is 0 Å². The van der Waals surface area contributed by atoms with Gasteiger partial charge in [0, 0.05) is 6.54 Å². The highest BCUT2D eigenvalue weighted by Gasteiger charge is 2.07. The Morgan fingerprint density at radius 3 is 2.47 bits per heavy atom. The first-order valence-electron chi connectivity index (χ1n) is 5.97. The first-order chi connectivity index (χ1) is 7.13. The zero-order valence-electron chi connectivity index (χ0n) is 10.4. The van der Waals surface area contributed by atoms with E-state index in [1.165, 1.54) is 19.3 Å². The van der Waals surface area contributed by atoms with E-state index in [-0.39, 0.29) is 0 Å². The number of rotatable bonds is 9. The summed E-state index contributed by atoms with van der Waals surface area (Å²) in [6, 6.07) is 0. The Morgan fingerprint density at radius 1 is 1.33 bits per heavy atom. The second-order valence-corrected chi connectivity index (χ2v) is 4.52. The third kappa shape index (κ3) is 7.18. The van der Waals surface area contributed by atoms with Crippen molar-refractivity contribution in [1.29, 1.82) is 0 Å². The van der Waals surface area contributed by atoms with Gasteiger partial charge in [-0.1, -0.05) is 33.8 Å². The fourth-order valence-electron chi connectivity index (χ4n) is 1.78. The van der Waals surface area contributed by atoms with Crippen LogP contribution in [0.15, 0.2) is 12.8 Å². The fraction of sp³-hybridized carbons (Fsp3) is 0.769. The topological polar surface area (TPSA) is 20.3 Å². The van der Waals surface area contributed by atoms with Gasteiger partial charge in [-0.3, -0.25) is 4.79 Å². The van der Waals surface area contributed by atoms with Crippen LogP contribution in [0.3, 0.4) is 0 Å². The van der Waals surface area contributed by atoms with E-state index >= 15 is 0 Å². The van der Waals surface area contributed by atoms with E-state index in [0.717, 1.165) is 31.2 Å². The van der Waals surface area contributed by atoms with Gasteiger partial charge in [0.1, 0.15) is 0 Å². The monoisotopic (exact) mass is 211 g/mol. The van der Waals surface area contributed by atoms with Crippen molar-refractivity contribution in [3.05, 3.63) is 12.8 Å². The van der Waals surface area contributed by atoms with Crippen LogP contribution in [0.2, 0.25) is 0 Å². The van der Waals surface area contributed by atoms with Crippen molar-refractivity contribution < 1.29 is 4.79 Å². The van der Waals surface area contributed by atoms with Crippen molar-refractivity contribution in [3.8, 4) is 0 Å². The maximum atomic E-state index is 10.5. The van der Waals surface area contributed by atoms with Gasteiger partial charge in [0.05, 0.1) is 0 Å². The standard InChI is InChI=1S/C13H25NO/c1-5-12(3)10-13(4)8-7-9-14(6-2)11-15/h6,11-13H,2,5,7-10H2,1,3-4H3. The van der Waals surface area contributed by atoms with Crippen molar-refractivity contribution in [2.24, 2.45) is 11.8 Å². The molecule has 0 bridgehead atoms. The van der Waals surface area contributed by atoms with Crippen LogP contribution in [0.25, 0.3) is 0 Å². The molecule has 0 heterocycles. The van der Waals surface area contributed by atoms with E-state index in [2.05, 4.69) is 27.4 Å². The third-order valence-electron chi connectivity index (χ3n) is 2.98. The molecule has 0 aromatic rings. The number of hydrogen-bond acceptors (Lipinski definition) is 1. The molecule has 0 fully saturated rings. The molecule has 0 radical (unpaired) electrons. The van der Waals surface area contributed by atoms with Gasteiger partial charge in [-0.15, -0.1) is 0 Å². The molecule has 0 saturated carbocycles. The summed E-state index contributed by atoms with van der Waals surface area (Å²) < 4.78 is 0. The average molecular weight is 211 g/mol. The summed E-state index contributed by atoms with van der Waals surface area (Å²) in [6.07, 6.45) is 7.26. The molecule has 1 amide bonds. The predicted octanol–water partition coefficient (Wildman–Crippen LogP) is 3.44. The number of carbonyl (C=O) groups excluding carboxylic acids is 1. The molecule has 0 aliphatic rings. The van der Waals surface area contributed by atoms with Crippen molar-refractivity contribution >= 4 is 6.41 Å². The Balaban J connectivity index is 3.57. The molecule has 2 atom stereocenters. The fourth-order valence-corrected chi connectivity index (χ4v) is 1.78. The number of amides is 1. The van der Waals surface area contributed by atoms with Crippen molar-refractivity contribution in [2.45, 2.75) is 46.5 Å². The molecular formula is C13H25NO. The summed E-state index contributed by atoms with van der Waals surface area (Å²) in [4.78, 5) is 12.1. The molecule has 88 valence electrons. The molecule has 2 unspecified atom stereocenters. The van der Waals surface area contributed by atoms with E-state index < -0.39 is 0 Å². The van der Waals surface area contributed by atoms with Crippen LogP contribution in [0, 0.1) is 11.8 Å². The van der Waals surface area contributed by atoms with Gasteiger partial charge in [0.25, 0.3) is 0 Å². The lowest BCUT2D eigenvalue weighted by Crippen LogP contribution is -2.16. The molecule has 0 spiro atoms. The second kappa shape index (κ2) is 8.51. The number of carbonyl (C=O) groups is 1. The third-order valence-corrected chi connectivity index (χ3v) is 2.98. The summed E-state index contributed by atoms with van der Waals surface area (Å²) >= 11 is 0. The van der Waals surface area contributed by atoms with Gasteiger partial charge in [-0.2, -0.15) is 0 Å². The van der Waals surface area contributed by atoms with E-state index in [4.69, 9.17) is 0 Å². The lowest BCUT2D eigenvalue weighted by molar-refractivity contribution is -0.116. The molecule has 2 heteroatoms. The van der Waals surface area contributed by atoms with Crippen LogP contribution >= 0.6 is 0 Å². The van der Waals surface area contributed by atoms with Gasteiger partial charge in [-0.05, 0) is 37.3 Å². The first-order valence-corrected chi connectivity index (χ1v) is 5.97. The van der Waals surface area contributed by atoms with Gasteiger partial charge < -0.3 is 4.90 Å². The van der Waals surface area contributed by atoms with Gasteiger partial charge in [0.15, 0.2) is 0 Å². The van der Waals surface area contributed by atoms with E-state index in [1.54, 1.807) is 11.1 Å². The summed E-state index contributed by atoms with van der Waals surface area (Å²) in [7, 11) is 0. The van der Waals surface area contributed by atoms with Crippen LogP contribution in [0.5, 0.6) is 0 Å². The first kappa shape index (κ1) is 14.2. The van der Waals surface area contributed by atoms with Crippen LogP contribution in [-0.4, -0.2) is 17.9 Å². The second-order valence-electron chi connectivity index (χ2n) is 4.52. The number of hydrogen-bond donors (Lipinski definition) is 0. The molecule has 0 aliphatic heterocycles. The quantitative estimate of drug-likeness (QED) is 0.535. The summed E-state index contributed by atoms with van der Waals surface area (Å²) in [5, 5.41) is 0. The van der Waals surface area contributed by atoms with Crippen molar-refractivity contribution in [2.75, 3.05) is 6.54 Å². The minimum absolute atomic E-state index is 0.762. The maximum Gasteiger partial charge on any atom is 0.213 e. The van der Waals surface area contributed by atoms with Crippen molar-refractivity contribution in [3.63, 3.8) is 0 Å². The summed E-state index contributed by atoms with van der Waals surface area (Å²) in [5.74, 6) is 1.58. The normalized spacial score (nSPS) is 14.3. The maximum absolute atomic E-state index is 10.5. The van der Waals surface area contributed by atoms with Crippen LogP contribution in [0.4, 0.5) is 0 Å². The Hall–Kier alpha value is -0.790.